The van der Waals surface area contributed by atoms with Gasteiger partial charge in [-0.3, -0.25) is 4.79 Å². The van der Waals surface area contributed by atoms with Gasteiger partial charge in [0.2, 0.25) is 0 Å². The Morgan fingerprint density at radius 1 is 1.18 bits per heavy atom. The molecule has 3 aromatic rings. The summed E-state index contributed by atoms with van der Waals surface area (Å²) >= 11 is 8.22. The molecule has 1 amide bonds. The maximum Gasteiger partial charge on any atom is 0.252 e. The Morgan fingerprint density at radius 2 is 1.85 bits per heavy atom. The van der Waals surface area contributed by atoms with Crippen molar-refractivity contribution in [3.05, 3.63) is 33.4 Å². The molecule has 8 nitrogen and oxygen atoms in total. The summed E-state index contributed by atoms with van der Waals surface area (Å²) in [5, 5.41) is 0. The number of sulfonamides is 1. The number of hydrogen-bond donors (Lipinski definition) is 0. The molecule has 1 aliphatic rings. The predicted octanol–water partition coefficient (Wildman–Crippen LogP) is 3.60. The van der Waals surface area contributed by atoms with E-state index in [-0.39, 0.29) is 35.7 Å². The van der Waals surface area contributed by atoms with E-state index < -0.39 is 10.0 Å². The van der Waals surface area contributed by atoms with E-state index in [1.165, 1.54) is 21.7 Å². The highest BCUT2D eigenvalue weighted by atomic mass is 35.5. The highest BCUT2D eigenvalue weighted by molar-refractivity contribution is 7.91. The molecule has 1 saturated heterocycles. The number of carbonyl (C=O) groups excluding carboxylic acids is 1. The summed E-state index contributed by atoms with van der Waals surface area (Å²) in [4.78, 5) is 17.9. The lowest BCUT2D eigenvalue weighted by atomic mass is 9.98. The van der Waals surface area contributed by atoms with Crippen molar-refractivity contribution in [2.24, 2.45) is 10.9 Å². The molecule has 1 aliphatic heterocycles. The van der Waals surface area contributed by atoms with E-state index in [9.17, 15) is 13.2 Å². The lowest BCUT2D eigenvalue weighted by Gasteiger charge is -2.29. The number of amides is 1. The Balaban J connectivity index is 1.61. The molecule has 0 radical (unpaired) electrons. The van der Waals surface area contributed by atoms with Crippen molar-refractivity contribution in [2.75, 3.05) is 27.3 Å². The number of carbonyl (C=O) groups is 1. The average molecular weight is 540 g/mol. The van der Waals surface area contributed by atoms with E-state index in [0.29, 0.717) is 39.0 Å². The van der Waals surface area contributed by atoms with Crippen molar-refractivity contribution in [3.63, 3.8) is 0 Å². The summed E-state index contributed by atoms with van der Waals surface area (Å²) in [5.41, 5.74) is 0.715. The molecule has 0 spiro atoms. The van der Waals surface area contributed by atoms with Gasteiger partial charge in [-0.1, -0.05) is 28.9 Å². The summed E-state index contributed by atoms with van der Waals surface area (Å²) in [6, 6.07) is 6.64. The number of halogens is 1. The molecular formula is C22H22ClN3O5S3. The first-order valence-corrected chi connectivity index (χ1v) is 13.8. The zero-order chi connectivity index (χ0) is 24.5. The minimum atomic E-state index is -3.62. The molecule has 34 heavy (non-hydrogen) atoms. The number of piperidine rings is 1. The molecule has 1 fully saturated rings. The smallest absolute Gasteiger partial charge is 0.252 e. The van der Waals surface area contributed by atoms with E-state index in [1.54, 1.807) is 37.0 Å². The highest BCUT2D eigenvalue weighted by Gasteiger charge is 2.33. The van der Waals surface area contributed by atoms with Crippen LogP contribution < -0.4 is 14.3 Å². The monoisotopic (exact) mass is 539 g/mol. The van der Waals surface area contributed by atoms with Crippen LogP contribution in [0.2, 0.25) is 4.34 Å². The third-order valence-electron chi connectivity index (χ3n) is 5.59. The summed E-state index contributed by atoms with van der Waals surface area (Å²) in [6.07, 6.45) is 6.35. The van der Waals surface area contributed by atoms with Gasteiger partial charge in [0.05, 0.1) is 25.1 Å². The van der Waals surface area contributed by atoms with E-state index in [0.717, 1.165) is 16.0 Å². The van der Waals surface area contributed by atoms with Gasteiger partial charge in [0.25, 0.3) is 15.9 Å². The lowest BCUT2D eigenvalue weighted by molar-refractivity contribution is -0.122. The van der Waals surface area contributed by atoms with Gasteiger partial charge in [-0.15, -0.1) is 17.8 Å². The fourth-order valence-electron chi connectivity index (χ4n) is 3.87. The standard InChI is InChI=1S/C22H22ClN3O5S3/c1-4-11-26-19-15(30-2)5-6-16(31-3)20(19)33-22(26)24-21(27)14-9-12-25(13-10-14)34(28,29)18-8-7-17(23)32-18/h1,5-8,14H,9-13H2,2-3H3. The average Bonchev–Trinajstić information content (AvgIpc) is 3.43. The first-order chi connectivity index (χ1) is 16.3. The second-order valence-corrected chi connectivity index (χ2v) is 12.4. The number of ether oxygens (including phenoxy) is 2. The van der Waals surface area contributed by atoms with Crippen molar-refractivity contribution in [3.8, 4) is 23.8 Å². The number of terminal acetylenes is 1. The molecule has 0 atom stereocenters. The van der Waals surface area contributed by atoms with Crippen LogP contribution in [0.25, 0.3) is 10.2 Å². The summed E-state index contributed by atoms with van der Waals surface area (Å²) in [5.74, 6) is 3.15. The van der Waals surface area contributed by atoms with Crippen molar-refractivity contribution >= 4 is 60.4 Å². The number of methoxy groups -OCH3 is 2. The van der Waals surface area contributed by atoms with Crippen LogP contribution in [0.4, 0.5) is 0 Å². The lowest BCUT2D eigenvalue weighted by Crippen LogP contribution is -2.40. The van der Waals surface area contributed by atoms with Crippen LogP contribution in [0, 0.1) is 18.3 Å². The maximum atomic E-state index is 13.1. The second-order valence-electron chi connectivity index (χ2n) is 7.51. The Morgan fingerprint density at radius 3 is 2.44 bits per heavy atom. The number of fused-ring (bicyclic) bond motifs is 1. The molecule has 0 unspecified atom stereocenters. The van der Waals surface area contributed by atoms with Crippen molar-refractivity contribution in [1.29, 1.82) is 0 Å². The molecule has 0 bridgehead atoms. The first kappa shape index (κ1) is 24.8. The SMILES string of the molecule is C#CCn1c(=NC(=O)C2CCN(S(=O)(=O)c3ccc(Cl)s3)CC2)sc2c(OC)ccc(OC)c21. The number of benzene rings is 1. The Hall–Kier alpha value is -2.36. The third kappa shape index (κ3) is 4.61. The van der Waals surface area contributed by atoms with Gasteiger partial charge in [0.15, 0.2) is 4.80 Å². The fraction of sp³-hybridized carbons (Fsp3) is 0.364. The highest BCUT2D eigenvalue weighted by Crippen LogP contribution is 2.35. The van der Waals surface area contributed by atoms with Crippen molar-refractivity contribution in [2.45, 2.75) is 23.6 Å². The number of rotatable bonds is 6. The number of thiophene rings is 1. The zero-order valence-electron chi connectivity index (χ0n) is 18.5. The van der Waals surface area contributed by atoms with Gasteiger partial charge in [0, 0.05) is 19.0 Å². The molecular weight excluding hydrogens is 518 g/mol. The van der Waals surface area contributed by atoms with Crippen LogP contribution in [0.3, 0.4) is 0 Å². The van der Waals surface area contributed by atoms with Crippen LogP contribution >= 0.6 is 34.3 Å². The maximum absolute atomic E-state index is 13.1. The van der Waals surface area contributed by atoms with Gasteiger partial charge < -0.3 is 14.0 Å². The van der Waals surface area contributed by atoms with Crippen LogP contribution in [0.5, 0.6) is 11.5 Å². The molecule has 3 heterocycles. The van der Waals surface area contributed by atoms with Gasteiger partial charge in [0.1, 0.15) is 25.9 Å². The van der Waals surface area contributed by atoms with Crippen molar-refractivity contribution in [1.82, 2.24) is 8.87 Å². The van der Waals surface area contributed by atoms with Gasteiger partial charge in [-0.2, -0.15) is 9.30 Å². The Kier molecular flexibility index (Phi) is 7.35. The molecule has 0 N–H and O–H groups in total. The van der Waals surface area contributed by atoms with Crippen LogP contribution in [-0.4, -0.2) is 50.5 Å². The second kappa shape index (κ2) is 10.1. The van der Waals surface area contributed by atoms with E-state index >= 15 is 0 Å². The zero-order valence-corrected chi connectivity index (χ0v) is 21.7. The summed E-state index contributed by atoms with van der Waals surface area (Å²) in [6.45, 7) is 0.681. The third-order valence-corrected chi connectivity index (χ3v) is 10.3. The molecule has 4 rings (SSSR count). The minimum Gasteiger partial charge on any atom is -0.495 e. The number of aromatic nitrogens is 1. The molecule has 180 valence electrons. The molecule has 0 saturated carbocycles. The van der Waals surface area contributed by atoms with Crippen LogP contribution in [0.1, 0.15) is 12.8 Å². The summed E-state index contributed by atoms with van der Waals surface area (Å²) < 4.78 is 41.2. The van der Waals surface area contributed by atoms with Crippen LogP contribution in [0.15, 0.2) is 33.5 Å². The van der Waals surface area contributed by atoms with E-state index in [4.69, 9.17) is 27.5 Å². The number of nitrogens with zero attached hydrogens (tertiary/aromatic N) is 3. The van der Waals surface area contributed by atoms with Gasteiger partial charge >= 0.3 is 0 Å². The molecule has 2 aromatic heterocycles. The fourth-order valence-corrected chi connectivity index (χ4v) is 8.12. The normalized spacial score (nSPS) is 16.0. The quantitative estimate of drug-likeness (QED) is 0.446. The minimum absolute atomic E-state index is 0.204. The Bertz CT molecular complexity index is 1440. The molecule has 0 aliphatic carbocycles. The number of thiazole rings is 1. The van der Waals surface area contributed by atoms with Crippen molar-refractivity contribution < 1.29 is 22.7 Å². The largest absolute Gasteiger partial charge is 0.495 e. The molecule has 12 heteroatoms. The topological polar surface area (TPSA) is 90.2 Å². The van der Waals surface area contributed by atoms with Gasteiger partial charge in [-0.05, 0) is 37.1 Å². The van der Waals surface area contributed by atoms with E-state index in [1.807, 2.05) is 0 Å². The van der Waals surface area contributed by atoms with E-state index in [2.05, 4.69) is 10.9 Å². The predicted molar refractivity (Wildman–Crippen MR) is 133 cm³/mol. The van der Waals surface area contributed by atoms with Gasteiger partial charge in [-0.25, -0.2) is 8.42 Å². The molecule has 1 aromatic carbocycles. The Labute approximate surface area is 210 Å². The summed E-state index contributed by atoms with van der Waals surface area (Å²) in [7, 11) is -0.490. The number of hydrogen-bond acceptors (Lipinski definition) is 7. The van der Waals surface area contributed by atoms with Crippen LogP contribution in [-0.2, 0) is 21.4 Å². The first-order valence-electron chi connectivity index (χ1n) is 10.3.